The standard InChI is InChI=1S/C13H24N2O4S/c1-4-20(17,18)15(13(16)12(2)3)7-5-6-14-8-10-19-11-9-14/h4,12H,1,5-11H2,2-3H3. The Balaban J connectivity index is 2.56. The van der Waals surface area contributed by atoms with Crippen molar-refractivity contribution in [3.05, 3.63) is 12.0 Å². The van der Waals surface area contributed by atoms with Crippen LogP contribution in [0.5, 0.6) is 0 Å². The minimum Gasteiger partial charge on any atom is -0.379 e. The van der Waals surface area contributed by atoms with Gasteiger partial charge < -0.3 is 4.74 Å². The van der Waals surface area contributed by atoms with Crippen LogP contribution in [-0.4, -0.2) is 62.9 Å². The van der Waals surface area contributed by atoms with Gasteiger partial charge in [0.05, 0.1) is 13.2 Å². The smallest absolute Gasteiger partial charge is 0.259 e. The monoisotopic (exact) mass is 304 g/mol. The Kier molecular flexibility index (Phi) is 6.64. The molecule has 0 saturated carbocycles. The second-order valence-corrected chi connectivity index (χ2v) is 6.89. The van der Waals surface area contributed by atoms with Gasteiger partial charge in [0.1, 0.15) is 0 Å². The fourth-order valence-corrected chi connectivity index (χ4v) is 3.03. The van der Waals surface area contributed by atoms with Gasteiger partial charge >= 0.3 is 0 Å². The molecule has 0 aromatic heterocycles. The maximum atomic E-state index is 12.0. The van der Waals surface area contributed by atoms with Crippen molar-refractivity contribution in [3.63, 3.8) is 0 Å². The lowest BCUT2D eigenvalue weighted by Gasteiger charge is -2.28. The van der Waals surface area contributed by atoms with Crippen molar-refractivity contribution in [3.8, 4) is 0 Å². The van der Waals surface area contributed by atoms with Crippen molar-refractivity contribution in [2.24, 2.45) is 5.92 Å². The van der Waals surface area contributed by atoms with Crippen molar-refractivity contribution in [1.29, 1.82) is 0 Å². The summed E-state index contributed by atoms with van der Waals surface area (Å²) in [7, 11) is -3.70. The summed E-state index contributed by atoms with van der Waals surface area (Å²) < 4.78 is 30.0. The number of hydrogen-bond donors (Lipinski definition) is 0. The molecule has 7 heteroatoms. The van der Waals surface area contributed by atoms with Crippen LogP contribution in [0, 0.1) is 5.92 Å². The van der Waals surface area contributed by atoms with Gasteiger partial charge in [-0.1, -0.05) is 20.4 Å². The summed E-state index contributed by atoms with van der Waals surface area (Å²) in [5.74, 6) is -0.736. The highest BCUT2D eigenvalue weighted by atomic mass is 32.2. The lowest BCUT2D eigenvalue weighted by molar-refractivity contribution is -0.129. The van der Waals surface area contributed by atoms with Crippen LogP contribution in [0.15, 0.2) is 12.0 Å². The van der Waals surface area contributed by atoms with Crippen LogP contribution in [0.1, 0.15) is 20.3 Å². The van der Waals surface area contributed by atoms with Gasteiger partial charge in [-0.3, -0.25) is 9.69 Å². The number of morpholine rings is 1. The van der Waals surface area contributed by atoms with Crippen molar-refractivity contribution < 1.29 is 17.9 Å². The van der Waals surface area contributed by atoms with E-state index in [1.54, 1.807) is 13.8 Å². The van der Waals surface area contributed by atoms with E-state index in [0.717, 1.165) is 29.3 Å². The summed E-state index contributed by atoms with van der Waals surface area (Å²) in [6.45, 7) is 10.7. The number of ether oxygens (including phenoxy) is 1. The van der Waals surface area contributed by atoms with Crippen molar-refractivity contribution in [2.45, 2.75) is 20.3 Å². The largest absolute Gasteiger partial charge is 0.379 e. The van der Waals surface area contributed by atoms with Crippen LogP contribution in [0.2, 0.25) is 0 Å². The number of amides is 1. The van der Waals surface area contributed by atoms with E-state index in [2.05, 4.69) is 11.5 Å². The molecule has 1 fully saturated rings. The molecule has 0 spiro atoms. The number of hydrogen-bond acceptors (Lipinski definition) is 5. The molecule has 0 aromatic carbocycles. The summed E-state index contributed by atoms with van der Waals surface area (Å²) >= 11 is 0. The SMILES string of the molecule is C=CS(=O)(=O)N(CCCN1CCOCC1)C(=O)C(C)C. The van der Waals surface area contributed by atoms with Gasteiger partial charge in [0.15, 0.2) is 0 Å². The van der Waals surface area contributed by atoms with Crippen molar-refractivity contribution in [2.75, 3.05) is 39.4 Å². The van der Waals surface area contributed by atoms with Gasteiger partial charge in [0, 0.05) is 37.5 Å². The van der Waals surface area contributed by atoms with Gasteiger partial charge in [-0.2, -0.15) is 0 Å². The first kappa shape index (κ1) is 17.1. The zero-order valence-corrected chi connectivity index (χ0v) is 13.1. The predicted octanol–water partition coefficient (Wildman–Crippen LogP) is 0.667. The fraction of sp³-hybridized carbons (Fsp3) is 0.769. The normalized spacial score (nSPS) is 17.1. The van der Waals surface area contributed by atoms with Crippen molar-refractivity contribution >= 4 is 15.9 Å². The molecule has 0 N–H and O–H groups in total. The molecular weight excluding hydrogens is 280 g/mol. The summed E-state index contributed by atoms with van der Waals surface area (Å²) in [5, 5.41) is 0.835. The quantitative estimate of drug-likeness (QED) is 0.691. The lowest BCUT2D eigenvalue weighted by Crippen LogP contribution is -2.41. The summed E-state index contributed by atoms with van der Waals surface area (Å²) in [6, 6.07) is 0. The van der Waals surface area contributed by atoms with E-state index in [4.69, 9.17) is 4.74 Å². The highest BCUT2D eigenvalue weighted by Gasteiger charge is 2.26. The van der Waals surface area contributed by atoms with E-state index < -0.39 is 10.0 Å². The molecule has 1 aliphatic heterocycles. The third-order valence-corrected chi connectivity index (χ3v) is 4.59. The molecule has 0 bridgehead atoms. The zero-order valence-electron chi connectivity index (χ0n) is 12.2. The first-order chi connectivity index (χ1) is 9.38. The highest BCUT2D eigenvalue weighted by molar-refractivity contribution is 7.92. The molecule has 0 radical (unpaired) electrons. The topological polar surface area (TPSA) is 66.9 Å². The number of carbonyl (C=O) groups excluding carboxylic acids is 1. The molecule has 0 aromatic rings. The molecule has 6 nitrogen and oxygen atoms in total. The zero-order chi connectivity index (χ0) is 15.2. The number of rotatable bonds is 7. The Labute approximate surface area is 121 Å². The van der Waals surface area contributed by atoms with Crippen LogP contribution in [0.4, 0.5) is 0 Å². The molecule has 0 atom stereocenters. The van der Waals surface area contributed by atoms with Gasteiger partial charge in [0.25, 0.3) is 10.0 Å². The molecule has 1 saturated heterocycles. The Bertz CT molecular complexity index is 428. The Morgan fingerprint density at radius 3 is 2.50 bits per heavy atom. The fourth-order valence-electron chi connectivity index (χ4n) is 2.00. The molecule has 1 heterocycles. The third kappa shape index (κ3) is 4.88. The molecule has 20 heavy (non-hydrogen) atoms. The summed E-state index contributed by atoms with van der Waals surface area (Å²) in [4.78, 5) is 14.2. The lowest BCUT2D eigenvalue weighted by atomic mass is 10.2. The molecular formula is C13H24N2O4S. The molecule has 1 rings (SSSR count). The second-order valence-electron chi connectivity index (χ2n) is 5.08. The van der Waals surface area contributed by atoms with E-state index in [1.807, 2.05) is 0 Å². The van der Waals surface area contributed by atoms with Crippen LogP contribution in [-0.2, 0) is 19.6 Å². The average Bonchev–Trinajstić information content (AvgIpc) is 2.43. The Morgan fingerprint density at radius 1 is 1.40 bits per heavy atom. The van der Waals surface area contributed by atoms with E-state index in [1.165, 1.54) is 0 Å². The van der Waals surface area contributed by atoms with E-state index in [-0.39, 0.29) is 18.4 Å². The second kappa shape index (κ2) is 7.75. The van der Waals surface area contributed by atoms with Gasteiger partial charge in [-0.15, -0.1) is 0 Å². The maximum absolute atomic E-state index is 12.0. The number of carbonyl (C=O) groups is 1. The molecule has 1 amide bonds. The molecule has 116 valence electrons. The molecule has 0 aliphatic carbocycles. The first-order valence-electron chi connectivity index (χ1n) is 6.87. The van der Waals surface area contributed by atoms with Gasteiger partial charge in [-0.05, 0) is 6.42 Å². The summed E-state index contributed by atoms with van der Waals surface area (Å²) in [6.07, 6.45) is 0.617. The Morgan fingerprint density at radius 2 is 2.00 bits per heavy atom. The number of nitrogens with zero attached hydrogens (tertiary/aromatic N) is 2. The first-order valence-corrected chi connectivity index (χ1v) is 8.38. The highest BCUT2D eigenvalue weighted by Crippen LogP contribution is 2.11. The molecule has 1 aliphatic rings. The van der Waals surface area contributed by atoms with E-state index in [0.29, 0.717) is 19.6 Å². The molecule has 0 unspecified atom stereocenters. The van der Waals surface area contributed by atoms with E-state index in [9.17, 15) is 13.2 Å². The van der Waals surface area contributed by atoms with Crippen LogP contribution in [0.3, 0.4) is 0 Å². The van der Waals surface area contributed by atoms with Gasteiger partial charge in [0.2, 0.25) is 5.91 Å². The average molecular weight is 304 g/mol. The minimum absolute atomic E-state index is 0.197. The van der Waals surface area contributed by atoms with Crippen molar-refractivity contribution in [1.82, 2.24) is 9.21 Å². The van der Waals surface area contributed by atoms with Crippen LogP contribution >= 0.6 is 0 Å². The third-order valence-electron chi connectivity index (χ3n) is 3.20. The Hall–Kier alpha value is -0.920. The maximum Gasteiger partial charge on any atom is 0.259 e. The van der Waals surface area contributed by atoms with Crippen LogP contribution in [0.25, 0.3) is 0 Å². The summed E-state index contributed by atoms with van der Waals surface area (Å²) in [5.41, 5.74) is 0. The number of sulfonamides is 1. The van der Waals surface area contributed by atoms with Gasteiger partial charge in [-0.25, -0.2) is 12.7 Å². The minimum atomic E-state index is -3.70. The predicted molar refractivity (Wildman–Crippen MR) is 77.5 cm³/mol. The van der Waals surface area contributed by atoms with Crippen LogP contribution < -0.4 is 0 Å². The van der Waals surface area contributed by atoms with E-state index >= 15 is 0 Å².